The molecule has 5 heteroatoms. The maximum atomic E-state index is 11.8. The summed E-state index contributed by atoms with van der Waals surface area (Å²) < 4.78 is 5.36. The molecule has 0 saturated carbocycles. The lowest BCUT2D eigenvalue weighted by atomic mass is 10.2. The second kappa shape index (κ2) is 7.66. The summed E-state index contributed by atoms with van der Waals surface area (Å²) in [7, 11) is 0. The minimum atomic E-state index is -0.161. The third-order valence-corrected chi connectivity index (χ3v) is 2.53. The highest BCUT2D eigenvalue weighted by Gasteiger charge is 2.09. The normalized spacial score (nSPS) is 10.3. The van der Waals surface area contributed by atoms with Gasteiger partial charge in [-0.25, -0.2) is 0 Å². The summed E-state index contributed by atoms with van der Waals surface area (Å²) in [5.41, 5.74) is 7.29. The van der Waals surface area contributed by atoms with Crippen molar-refractivity contribution >= 4 is 11.6 Å². The minimum absolute atomic E-state index is 0.161. The number of unbranched alkanes of at least 4 members (excludes halogenated alkanes) is 1. The molecule has 100 valence electrons. The van der Waals surface area contributed by atoms with E-state index in [2.05, 4.69) is 17.2 Å². The Kier molecular flexibility index (Phi) is 6.14. The SMILES string of the molecule is CCCCOCCNC(=O)c1cc(N)cnc1C. The number of rotatable bonds is 7. The van der Waals surface area contributed by atoms with E-state index in [1.165, 1.54) is 0 Å². The minimum Gasteiger partial charge on any atom is -0.397 e. The maximum Gasteiger partial charge on any atom is 0.253 e. The van der Waals surface area contributed by atoms with Gasteiger partial charge >= 0.3 is 0 Å². The number of pyridine rings is 1. The van der Waals surface area contributed by atoms with Gasteiger partial charge in [0.05, 0.1) is 29.7 Å². The Hall–Kier alpha value is -1.62. The molecule has 0 fully saturated rings. The van der Waals surface area contributed by atoms with Gasteiger partial charge in [-0.15, -0.1) is 0 Å². The highest BCUT2D eigenvalue weighted by atomic mass is 16.5. The number of aromatic nitrogens is 1. The lowest BCUT2D eigenvalue weighted by Crippen LogP contribution is -2.28. The van der Waals surface area contributed by atoms with E-state index in [1.54, 1.807) is 19.2 Å². The number of nitrogens with one attached hydrogen (secondary N) is 1. The van der Waals surface area contributed by atoms with E-state index in [4.69, 9.17) is 10.5 Å². The first-order valence-corrected chi connectivity index (χ1v) is 6.23. The highest BCUT2D eigenvalue weighted by molar-refractivity contribution is 5.95. The number of carbonyl (C=O) groups is 1. The summed E-state index contributed by atoms with van der Waals surface area (Å²) in [6.45, 7) is 5.66. The number of nitrogen functional groups attached to an aromatic ring is 1. The molecule has 0 spiro atoms. The van der Waals surface area contributed by atoms with E-state index in [0.717, 1.165) is 19.4 Å². The molecule has 1 heterocycles. The van der Waals surface area contributed by atoms with Crippen LogP contribution in [-0.2, 0) is 4.74 Å². The fourth-order valence-corrected chi connectivity index (χ4v) is 1.46. The smallest absolute Gasteiger partial charge is 0.253 e. The first-order chi connectivity index (χ1) is 8.65. The lowest BCUT2D eigenvalue weighted by molar-refractivity contribution is 0.0912. The largest absolute Gasteiger partial charge is 0.397 e. The summed E-state index contributed by atoms with van der Waals surface area (Å²) in [6.07, 6.45) is 3.70. The molecule has 1 amide bonds. The molecule has 0 aliphatic carbocycles. The van der Waals surface area contributed by atoms with Crippen LogP contribution in [0.2, 0.25) is 0 Å². The predicted molar refractivity (Wildman–Crippen MR) is 71.4 cm³/mol. The van der Waals surface area contributed by atoms with Crippen LogP contribution >= 0.6 is 0 Å². The molecule has 3 N–H and O–H groups in total. The second-order valence-electron chi connectivity index (χ2n) is 4.12. The van der Waals surface area contributed by atoms with Crippen molar-refractivity contribution in [3.05, 3.63) is 23.5 Å². The van der Waals surface area contributed by atoms with E-state index in [9.17, 15) is 4.79 Å². The molecule has 0 saturated heterocycles. The van der Waals surface area contributed by atoms with Gasteiger partial charge in [-0.1, -0.05) is 13.3 Å². The Bertz CT molecular complexity index is 394. The van der Waals surface area contributed by atoms with Gasteiger partial charge in [0, 0.05) is 13.2 Å². The highest BCUT2D eigenvalue weighted by Crippen LogP contribution is 2.08. The number of anilines is 1. The fourth-order valence-electron chi connectivity index (χ4n) is 1.46. The quantitative estimate of drug-likeness (QED) is 0.720. The molecule has 18 heavy (non-hydrogen) atoms. The van der Waals surface area contributed by atoms with Crippen molar-refractivity contribution in [3.8, 4) is 0 Å². The second-order valence-corrected chi connectivity index (χ2v) is 4.12. The van der Waals surface area contributed by atoms with Crippen molar-refractivity contribution < 1.29 is 9.53 Å². The Morgan fingerprint density at radius 3 is 3.00 bits per heavy atom. The first kappa shape index (κ1) is 14.4. The number of nitrogens with two attached hydrogens (primary N) is 1. The van der Waals surface area contributed by atoms with Crippen LogP contribution < -0.4 is 11.1 Å². The summed E-state index contributed by atoms with van der Waals surface area (Å²) in [4.78, 5) is 15.9. The standard InChI is InChI=1S/C13H21N3O2/c1-3-4-6-18-7-5-15-13(17)12-8-11(14)9-16-10(12)2/h8-9H,3-7,14H2,1-2H3,(H,15,17). The average molecular weight is 251 g/mol. The van der Waals surface area contributed by atoms with Crippen LogP contribution in [-0.4, -0.2) is 30.6 Å². The topological polar surface area (TPSA) is 77.2 Å². The van der Waals surface area contributed by atoms with Gasteiger partial charge in [-0.05, 0) is 19.4 Å². The number of hydrogen-bond donors (Lipinski definition) is 2. The van der Waals surface area contributed by atoms with Crippen molar-refractivity contribution in [3.63, 3.8) is 0 Å². The molecular weight excluding hydrogens is 230 g/mol. The van der Waals surface area contributed by atoms with Crippen molar-refractivity contribution in [2.24, 2.45) is 0 Å². The summed E-state index contributed by atoms with van der Waals surface area (Å²) in [5.74, 6) is -0.161. The first-order valence-electron chi connectivity index (χ1n) is 6.23. The van der Waals surface area contributed by atoms with Gasteiger partial charge in [0.25, 0.3) is 5.91 Å². The zero-order chi connectivity index (χ0) is 13.4. The van der Waals surface area contributed by atoms with E-state index >= 15 is 0 Å². The van der Waals surface area contributed by atoms with Crippen LogP contribution in [0.1, 0.15) is 35.8 Å². The third kappa shape index (κ3) is 4.71. The molecule has 0 unspecified atom stereocenters. The molecule has 0 aliphatic heterocycles. The Morgan fingerprint density at radius 1 is 1.50 bits per heavy atom. The third-order valence-electron chi connectivity index (χ3n) is 2.53. The monoisotopic (exact) mass is 251 g/mol. The molecular formula is C13H21N3O2. The summed E-state index contributed by atoms with van der Waals surface area (Å²) in [6, 6.07) is 1.63. The molecule has 1 aromatic rings. The zero-order valence-corrected chi connectivity index (χ0v) is 11.0. The number of hydrogen-bond acceptors (Lipinski definition) is 4. The van der Waals surface area contributed by atoms with Crippen LogP contribution in [0, 0.1) is 6.92 Å². The van der Waals surface area contributed by atoms with Crippen LogP contribution in [0.4, 0.5) is 5.69 Å². The van der Waals surface area contributed by atoms with Crippen LogP contribution in [0.25, 0.3) is 0 Å². The molecule has 0 bridgehead atoms. The summed E-state index contributed by atoms with van der Waals surface area (Å²) >= 11 is 0. The van der Waals surface area contributed by atoms with Crippen molar-refractivity contribution in [1.29, 1.82) is 0 Å². The van der Waals surface area contributed by atoms with Crippen LogP contribution in [0.5, 0.6) is 0 Å². The van der Waals surface area contributed by atoms with E-state index in [0.29, 0.717) is 30.1 Å². The van der Waals surface area contributed by atoms with Crippen molar-refractivity contribution in [2.45, 2.75) is 26.7 Å². The molecule has 1 rings (SSSR count). The van der Waals surface area contributed by atoms with E-state index in [1.807, 2.05) is 0 Å². The van der Waals surface area contributed by atoms with Gasteiger partial charge < -0.3 is 15.8 Å². The zero-order valence-electron chi connectivity index (χ0n) is 11.0. The van der Waals surface area contributed by atoms with Crippen LogP contribution in [0.3, 0.4) is 0 Å². The number of ether oxygens (including phenoxy) is 1. The molecule has 1 aromatic heterocycles. The van der Waals surface area contributed by atoms with E-state index < -0.39 is 0 Å². The molecule has 0 aliphatic rings. The Morgan fingerprint density at radius 2 is 2.28 bits per heavy atom. The maximum absolute atomic E-state index is 11.8. The van der Waals surface area contributed by atoms with Gasteiger partial charge in [0.2, 0.25) is 0 Å². The molecule has 0 radical (unpaired) electrons. The van der Waals surface area contributed by atoms with Crippen molar-refractivity contribution in [1.82, 2.24) is 10.3 Å². The number of nitrogens with zero attached hydrogens (tertiary/aromatic N) is 1. The van der Waals surface area contributed by atoms with Gasteiger partial charge in [0.1, 0.15) is 0 Å². The molecule has 0 aromatic carbocycles. The van der Waals surface area contributed by atoms with E-state index in [-0.39, 0.29) is 5.91 Å². The van der Waals surface area contributed by atoms with Crippen LogP contribution in [0.15, 0.2) is 12.3 Å². The summed E-state index contributed by atoms with van der Waals surface area (Å²) in [5, 5.41) is 2.78. The van der Waals surface area contributed by atoms with Gasteiger partial charge in [-0.2, -0.15) is 0 Å². The number of amides is 1. The Balaban J connectivity index is 2.34. The fraction of sp³-hybridized carbons (Fsp3) is 0.538. The molecule has 0 atom stereocenters. The average Bonchev–Trinajstić information content (AvgIpc) is 2.36. The Labute approximate surface area is 108 Å². The number of carbonyl (C=O) groups excluding carboxylic acids is 1. The van der Waals surface area contributed by atoms with Gasteiger partial charge in [-0.3, -0.25) is 9.78 Å². The number of aryl methyl sites for hydroxylation is 1. The molecule has 5 nitrogen and oxygen atoms in total. The predicted octanol–water partition coefficient (Wildman–Crippen LogP) is 1.52. The lowest BCUT2D eigenvalue weighted by Gasteiger charge is -2.08. The van der Waals surface area contributed by atoms with Crippen molar-refractivity contribution in [2.75, 3.05) is 25.5 Å². The van der Waals surface area contributed by atoms with Gasteiger partial charge in [0.15, 0.2) is 0 Å².